The van der Waals surface area contributed by atoms with Crippen molar-refractivity contribution in [3.8, 4) is 11.3 Å². The van der Waals surface area contributed by atoms with Gasteiger partial charge in [-0.1, -0.05) is 10.6 Å². The molecule has 0 saturated carbocycles. The van der Waals surface area contributed by atoms with Gasteiger partial charge in [-0.2, -0.15) is 0 Å². The van der Waals surface area contributed by atoms with Gasteiger partial charge in [-0.15, -0.1) is 5.10 Å². The van der Waals surface area contributed by atoms with E-state index in [9.17, 15) is 4.39 Å². The van der Waals surface area contributed by atoms with Crippen LogP contribution in [0.2, 0.25) is 0 Å². The Morgan fingerprint density at radius 2 is 2.29 bits per heavy atom. The van der Waals surface area contributed by atoms with Gasteiger partial charge in [0.1, 0.15) is 11.5 Å². The van der Waals surface area contributed by atoms with Crippen molar-refractivity contribution in [3.05, 3.63) is 35.0 Å². The molecule has 0 radical (unpaired) electrons. The number of hydrogen-bond donors (Lipinski definition) is 1. The van der Waals surface area contributed by atoms with Crippen LogP contribution < -0.4 is 5.73 Å². The lowest BCUT2D eigenvalue weighted by molar-refractivity contribution is 0.627. The molecule has 0 fully saturated rings. The van der Waals surface area contributed by atoms with E-state index in [-0.39, 0.29) is 5.82 Å². The monoisotopic (exact) mass is 209 g/mol. The molecule has 0 unspecified atom stereocenters. The minimum atomic E-state index is -0.287. The lowest BCUT2D eigenvalue weighted by Gasteiger charge is -2.03. The lowest BCUT2D eigenvalue weighted by atomic mass is 10.1. The van der Waals surface area contributed by atoms with Gasteiger partial charge in [0.15, 0.2) is 0 Å². The molecule has 0 saturated heterocycles. The molecule has 14 heavy (non-hydrogen) atoms. The highest BCUT2D eigenvalue weighted by molar-refractivity contribution is 7.03. The lowest BCUT2D eigenvalue weighted by Crippen LogP contribution is -1.99. The zero-order valence-electron chi connectivity index (χ0n) is 7.27. The van der Waals surface area contributed by atoms with E-state index < -0.39 is 0 Å². The van der Waals surface area contributed by atoms with E-state index in [1.54, 1.807) is 11.4 Å². The highest BCUT2D eigenvalue weighted by atomic mass is 32.1. The molecule has 5 heteroatoms. The summed E-state index contributed by atoms with van der Waals surface area (Å²) in [6.07, 6.45) is 0. The van der Waals surface area contributed by atoms with Crippen molar-refractivity contribution in [1.29, 1.82) is 0 Å². The third-order valence-corrected chi connectivity index (χ3v) is 2.43. The second-order valence-electron chi connectivity index (χ2n) is 2.80. The average molecular weight is 209 g/mol. The molecule has 0 aliphatic heterocycles. The first kappa shape index (κ1) is 9.23. The van der Waals surface area contributed by atoms with Crippen molar-refractivity contribution in [2.75, 3.05) is 0 Å². The summed E-state index contributed by atoms with van der Waals surface area (Å²) in [5.74, 6) is -0.287. The Bertz CT molecular complexity index is 428. The first-order valence-corrected chi connectivity index (χ1v) is 4.91. The van der Waals surface area contributed by atoms with Crippen molar-refractivity contribution in [2.24, 2.45) is 5.73 Å². The van der Waals surface area contributed by atoms with E-state index in [0.29, 0.717) is 12.2 Å². The predicted octanol–water partition coefficient (Wildman–Crippen LogP) is 1.80. The summed E-state index contributed by atoms with van der Waals surface area (Å²) >= 11 is 1.24. The van der Waals surface area contributed by atoms with Crippen LogP contribution in [0.5, 0.6) is 0 Å². The fourth-order valence-electron chi connectivity index (χ4n) is 1.25. The molecule has 3 nitrogen and oxygen atoms in total. The van der Waals surface area contributed by atoms with Gasteiger partial charge in [-0.3, -0.25) is 0 Å². The van der Waals surface area contributed by atoms with E-state index in [1.165, 1.54) is 23.7 Å². The molecule has 1 heterocycles. The van der Waals surface area contributed by atoms with Crippen molar-refractivity contribution < 1.29 is 4.39 Å². The quantitative estimate of drug-likeness (QED) is 0.820. The summed E-state index contributed by atoms with van der Waals surface area (Å²) in [7, 11) is 0. The van der Waals surface area contributed by atoms with Gasteiger partial charge in [-0.05, 0) is 29.2 Å². The van der Waals surface area contributed by atoms with Crippen LogP contribution in [-0.4, -0.2) is 9.59 Å². The van der Waals surface area contributed by atoms with Crippen molar-refractivity contribution in [2.45, 2.75) is 6.54 Å². The maximum atomic E-state index is 13.0. The Hall–Kier alpha value is -1.33. The molecule has 2 aromatic rings. The fraction of sp³-hybridized carbons (Fsp3) is 0.111. The maximum Gasteiger partial charge on any atom is 0.123 e. The molecule has 72 valence electrons. The largest absolute Gasteiger partial charge is 0.326 e. The molecule has 1 aromatic heterocycles. The van der Waals surface area contributed by atoms with E-state index in [0.717, 1.165) is 11.1 Å². The Morgan fingerprint density at radius 1 is 1.43 bits per heavy atom. The zero-order valence-corrected chi connectivity index (χ0v) is 8.09. The first-order chi connectivity index (χ1) is 6.81. The van der Waals surface area contributed by atoms with Crippen molar-refractivity contribution >= 4 is 11.5 Å². The summed E-state index contributed by atoms with van der Waals surface area (Å²) in [6, 6.07) is 4.49. The van der Waals surface area contributed by atoms with Crippen LogP contribution in [-0.2, 0) is 6.54 Å². The van der Waals surface area contributed by atoms with Gasteiger partial charge in [0, 0.05) is 17.5 Å². The number of hydrogen-bond acceptors (Lipinski definition) is 4. The third-order valence-electron chi connectivity index (χ3n) is 1.93. The summed E-state index contributed by atoms with van der Waals surface area (Å²) in [5, 5.41) is 5.65. The van der Waals surface area contributed by atoms with Crippen LogP contribution >= 0.6 is 11.5 Å². The topological polar surface area (TPSA) is 51.8 Å². The van der Waals surface area contributed by atoms with Crippen LogP contribution in [0.1, 0.15) is 5.56 Å². The maximum absolute atomic E-state index is 13.0. The van der Waals surface area contributed by atoms with Gasteiger partial charge in [0.2, 0.25) is 0 Å². The fourth-order valence-corrected chi connectivity index (χ4v) is 1.70. The molecule has 0 aliphatic carbocycles. The summed E-state index contributed by atoms with van der Waals surface area (Å²) in [6.45, 7) is 0.368. The Morgan fingerprint density at radius 3 is 2.93 bits per heavy atom. The van der Waals surface area contributed by atoms with Crippen LogP contribution in [0.25, 0.3) is 11.3 Å². The first-order valence-electron chi connectivity index (χ1n) is 4.07. The Labute approximate surface area is 84.5 Å². The molecular weight excluding hydrogens is 201 g/mol. The standard InChI is InChI=1S/C9H8FN3S/c10-7-2-1-6(4-11)8(3-7)9-5-14-13-12-9/h1-3,5H,4,11H2. The SMILES string of the molecule is NCc1ccc(F)cc1-c1csnn1. The molecule has 2 rings (SSSR count). The van der Waals surface area contributed by atoms with Crippen LogP contribution in [0, 0.1) is 5.82 Å². The van der Waals surface area contributed by atoms with Crippen LogP contribution in [0.4, 0.5) is 4.39 Å². The van der Waals surface area contributed by atoms with Gasteiger partial charge >= 0.3 is 0 Å². The molecule has 0 amide bonds. The van der Waals surface area contributed by atoms with Gasteiger partial charge in [0.25, 0.3) is 0 Å². The van der Waals surface area contributed by atoms with E-state index in [4.69, 9.17) is 5.73 Å². The molecule has 0 bridgehead atoms. The molecule has 0 aliphatic rings. The van der Waals surface area contributed by atoms with Crippen LogP contribution in [0.15, 0.2) is 23.6 Å². The normalized spacial score (nSPS) is 10.4. The summed E-state index contributed by atoms with van der Waals surface area (Å²) in [4.78, 5) is 0. The Balaban J connectivity index is 2.55. The molecule has 2 N–H and O–H groups in total. The molecular formula is C9H8FN3S. The zero-order chi connectivity index (χ0) is 9.97. The average Bonchev–Trinajstić information content (AvgIpc) is 2.70. The van der Waals surface area contributed by atoms with Crippen molar-refractivity contribution in [3.63, 3.8) is 0 Å². The highest BCUT2D eigenvalue weighted by Gasteiger charge is 2.07. The van der Waals surface area contributed by atoms with Crippen molar-refractivity contribution in [1.82, 2.24) is 9.59 Å². The van der Waals surface area contributed by atoms with Crippen LogP contribution in [0.3, 0.4) is 0 Å². The second-order valence-corrected chi connectivity index (χ2v) is 3.41. The number of aromatic nitrogens is 2. The predicted molar refractivity (Wildman–Crippen MR) is 53.2 cm³/mol. The minimum Gasteiger partial charge on any atom is -0.326 e. The van der Waals surface area contributed by atoms with Gasteiger partial charge < -0.3 is 5.73 Å². The molecule has 1 aromatic carbocycles. The number of benzene rings is 1. The highest BCUT2D eigenvalue weighted by Crippen LogP contribution is 2.23. The summed E-state index contributed by atoms with van der Waals surface area (Å²) in [5.41, 5.74) is 7.81. The van der Waals surface area contributed by atoms with Gasteiger partial charge in [0.05, 0.1) is 0 Å². The smallest absolute Gasteiger partial charge is 0.123 e. The number of rotatable bonds is 2. The number of nitrogens with zero attached hydrogens (tertiary/aromatic N) is 2. The number of nitrogens with two attached hydrogens (primary N) is 1. The Kier molecular flexibility index (Phi) is 2.51. The molecule has 0 atom stereocenters. The minimum absolute atomic E-state index is 0.287. The van der Waals surface area contributed by atoms with E-state index >= 15 is 0 Å². The van der Waals surface area contributed by atoms with Gasteiger partial charge in [-0.25, -0.2) is 4.39 Å². The number of halogens is 1. The second kappa shape index (κ2) is 3.81. The van der Waals surface area contributed by atoms with E-state index in [1.807, 2.05) is 0 Å². The summed E-state index contributed by atoms with van der Waals surface area (Å²) < 4.78 is 16.7. The van der Waals surface area contributed by atoms with E-state index in [2.05, 4.69) is 9.59 Å². The molecule has 0 spiro atoms. The third kappa shape index (κ3) is 1.64.